The third-order valence-electron chi connectivity index (χ3n) is 2.62. The van der Waals surface area contributed by atoms with Gasteiger partial charge in [0.2, 0.25) is 0 Å². The molecule has 1 heterocycles. The van der Waals surface area contributed by atoms with Crippen molar-refractivity contribution < 1.29 is 0 Å². The Labute approximate surface area is 94.2 Å². The van der Waals surface area contributed by atoms with Gasteiger partial charge in [-0.1, -0.05) is 37.3 Å². The van der Waals surface area contributed by atoms with Gasteiger partial charge in [-0.25, -0.2) is 4.98 Å². The molecular weight excluding hydrogens is 200 g/mol. The summed E-state index contributed by atoms with van der Waals surface area (Å²) in [7, 11) is 0. The first-order valence-corrected chi connectivity index (χ1v) is 5.29. The van der Waals surface area contributed by atoms with Crippen molar-refractivity contribution >= 4 is 0 Å². The summed E-state index contributed by atoms with van der Waals surface area (Å²) in [5, 5.41) is 0. The van der Waals surface area contributed by atoms with E-state index >= 15 is 0 Å². The zero-order valence-corrected chi connectivity index (χ0v) is 9.40. The molecule has 1 N–H and O–H groups in total. The average molecular weight is 214 g/mol. The van der Waals surface area contributed by atoms with E-state index < -0.39 is 0 Å². The Kier molecular flexibility index (Phi) is 2.86. The van der Waals surface area contributed by atoms with Crippen molar-refractivity contribution in [1.29, 1.82) is 0 Å². The van der Waals surface area contributed by atoms with Crippen LogP contribution in [0.15, 0.2) is 41.2 Å². The van der Waals surface area contributed by atoms with Gasteiger partial charge in [0.25, 0.3) is 5.56 Å². The molecule has 1 atom stereocenters. The number of aromatic nitrogens is 2. The van der Waals surface area contributed by atoms with Crippen molar-refractivity contribution in [3.05, 3.63) is 63.8 Å². The van der Waals surface area contributed by atoms with Crippen molar-refractivity contribution in [3.8, 4) is 0 Å². The molecule has 2 rings (SSSR count). The number of nitrogens with zero attached hydrogens (tertiary/aromatic N) is 1. The van der Waals surface area contributed by atoms with Gasteiger partial charge in [-0.2, -0.15) is 0 Å². The minimum atomic E-state index is -0.0923. The lowest BCUT2D eigenvalue weighted by Gasteiger charge is -2.11. The predicted octanol–water partition coefficient (Wildman–Crippen LogP) is 2.23. The first-order valence-electron chi connectivity index (χ1n) is 5.29. The average Bonchev–Trinajstić information content (AvgIpc) is 2.28. The quantitative estimate of drug-likeness (QED) is 0.833. The minimum absolute atomic E-state index is 0.0923. The van der Waals surface area contributed by atoms with Crippen LogP contribution in [0.5, 0.6) is 0 Å². The summed E-state index contributed by atoms with van der Waals surface area (Å²) in [6.07, 6.45) is 0. The Morgan fingerprint density at radius 2 is 1.94 bits per heavy atom. The predicted molar refractivity (Wildman–Crippen MR) is 63.6 cm³/mol. The molecule has 1 aromatic heterocycles. The summed E-state index contributed by atoms with van der Waals surface area (Å²) in [6, 6.07) is 11.6. The fourth-order valence-corrected chi connectivity index (χ4v) is 1.74. The van der Waals surface area contributed by atoms with Crippen molar-refractivity contribution in [3.63, 3.8) is 0 Å². The second-order valence-corrected chi connectivity index (χ2v) is 3.89. The van der Waals surface area contributed by atoms with Crippen LogP contribution in [-0.4, -0.2) is 9.97 Å². The van der Waals surface area contributed by atoms with Crippen LogP contribution < -0.4 is 5.56 Å². The van der Waals surface area contributed by atoms with E-state index in [4.69, 9.17) is 0 Å². The summed E-state index contributed by atoms with van der Waals surface area (Å²) in [5.41, 5.74) is 1.89. The molecule has 3 heteroatoms. The maximum atomic E-state index is 11.4. The maximum Gasteiger partial charge on any atom is 0.251 e. The van der Waals surface area contributed by atoms with E-state index in [2.05, 4.69) is 16.9 Å². The summed E-state index contributed by atoms with van der Waals surface area (Å²) < 4.78 is 0. The molecule has 2 aromatic rings. The van der Waals surface area contributed by atoms with Gasteiger partial charge in [0.1, 0.15) is 5.82 Å². The number of aryl methyl sites for hydroxylation is 1. The SMILES string of the molecule is Cc1nc([C@H](C)c2ccccc2)cc(=O)[nH]1. The summed E-state index contributed by atoms with van der Waals surface area (Å²) in [4.78, 5) is 18.4. The molecule has 0 amide bonds. The zero-order valence-electron chi connectivity index (χ0n) is 9.40. The molecule has 0 saturated heterocycles. The number of hydrogen-bond donors (Lipinski definition) is 1. The Morgan fingerprint density at radius 3 is 2.56 bits per heavy atom. The Bertz CT molecular complexity index is 531. The Morgan fingerprint density at radius 1 is 1.25 bits per heavy atom. The molecule has 3 nitrogen and oxygen atoms in total. The van der Waals surface area contributed by atoms with E-state index in [1.54, 1.807) is 13.0 Å². The van der Waals surface area contributed by atoms with Crippen LogP contribution in [-0.2, 0) is 0 Å². The molecule has 0 radical (unpaired) electrons. The molecule has 0 aliphatic heterocycles. The molecule has 82 valence electrons. The van der Waals surface area contributed by atoms with Crippen LogP contribution in [0.1, 0.15) is 29.9 Å². The number of aromatic amines is 1. The summed E-state index contributed by atoms with van der Waals surface area (Å²) in [5.74, 6) is 0.799. The first kappa shape index (κ1) is 10.6. The van der Waals surface area contributed by atoms with Crippen molar-refractivity contribution in [2.75, 3.05) is 0 Å². The van der Waals surface area contributed by atoms with E-state index in [0.717, 1.165) is 5.69 Å². The number of rotatable bonds is 2. The van der Waals surface area contributed by atoms with Crippen molar-refractivity contribution in [2.24, 2.45) is 0 Å². The third kappa shape index (κ3) is 2.19. The third-order valence-corrected chi connectivity index (χ3v) is 2.62. The minimum Gasteiger partial charge on any atom is -0.311 e. The lowest BCUT2D eigenvalue weighted by Crippen LogP contribution is -2.12. The summed E-state index contributed by atoms with van der Waals surface area (Å²) >= 11 is 0. The summed E-state index contributed by atoms with van der Waals surface area (Å²) in [6.45, 7) is 3.85. The topological polar surface area (TPSA) is 45.8 Å². The van der Waals surface area contributed by atoms with Crippen molar-refractivity contribution in [2.45, 2.75) is 19.8 Å². The number of nitrogens with one attached hydrogen (secondary N) is 1. The van der Waals surface area contributed by atoms with Crippen molar-refractivity contribution in [1.82, 2.24) is 9.97 Å². The maximum absolute atomic E-state index is 11.4. The molecule has 16 heavy (non-hydrogen) atoms. The fourth-order valence-electron chi connectivity index (χ4n) is 1.74. The molecule has 0 bridgehead atoms. The molecular formula is C13H14N2O. The number of benzene rings is 1. The standard InChI is InChI=1S/C13H14N2O/c1-9(11-6-4-3-5-7-11)12-8-13(16)15-10(2)14-12/h3-9H,1-2H3,(H,14,15,16)/t9-/m1/s1. The zero-order chi connectivity index (χ0) is 11.5. The van der Waals surface area contributed by atoms with E-state index in [9.17, 15) is 4.79 Å². The normalized spacial score (nSPS) is 12.4. The van der Waals surface area contributed by atoms with Gasteiger partial charge in [0, 0.05) is 12.0 Å². The lowest BCUT2D eigenvalue weighted by molar-refractivity contribution is 0.834. The van der Waals surface area contributed by atoms with Gasteiger partial charge in [-0.15, -0.1) is 0 Å². The highest BCUT2D eigenvalue weighted by molar-refractivity contribution is 5.26. The van der Waals surface area contributed by atoms with Gasteiger partial charge in [-0.05, 0) is 12.5 Å². The Balaban J connectivity index is 2.41. The second-order valence-electron chi connectivity index (χ2n) is 3.89. The second kappa shape index (κ2) is 4.31. The first-order chi connectivity index (χ1) is 7.66. The largest absolute Gasteiger partial charge is 0.311 e. The molecule has 0 aliphatic rings. The van der Waals surface area contributed by atoms with Crippen LogP contribution >= 0.6 is 0 Å². The highest BCUT2D eigenvalue weighted by Crippen LogP contribution is 2.20. The van der Waals surface area contributed by atoms with Gasteiger partial charge in [0.05, 0.1) is 5.69 Å². The molecule has 0 spiro atoms. The van der Waals surface area contributed by atoms with Gasteiger partial charge in [0.15, 0.2) is 0 Å². The fraction of sp³-hybridized carbons (Fsp3) is 0.231. The van der Waals surface area contributed by atoms with Crippen LogP contribution in [0.2, 0.25) is 0 Å². The van der Waals surface area contributed by atoms with E-state index in [1.807, 2.05) is 30.3 Å². The Hall–Kier alpha value is -1.90. The highest BCUT2D eigenvalue weighted by atomic mass is 16.1. The molecule has 0 fully saturated rings. The van der Waals surface area contributed by atoms with E-state index in [-0.39, 0.29) is 11.5 Å². The monoisotopic (exact) mass is 214 g/mol. The van der Waals surface area contributed by atoms with Crippen LogP contribution in [0.25, 0.3) is 0 Å². The van der Waals surface area contributed by atoms with Crippen LogP contribution in [0, 0.1) is 6.92 Å². The van der Waals surface area contributed by atoms with Gasteiger partial charge >= 0.3 is 0 Å². The highest BCUT2D eigenvalue weighted by Gasteiger charge is 2.10. The number of hydrogen-bond acceptors (Lipinski definition) is 2. The molecule has 0 aliphatic carbocycles. The van der Waals surface area contributed by atoms with Gasteiger partial charge < -0.3 is 4.98 Å². The van der Waals surface area contributed by atoms with E-state index in [0.29, 0.717) is 5.82 Å². The van der Waals surface area contributed by atoms with Crippen LogP contribution in [0.3, 0.4) is 0 Å². The molecule has 1 aromatic carbocycles. The van der Waals surface area contributed by atoms with Gasteiger partial charge in [-0.3, -0.25) is 4.79 Å². The lowest BCUT2D eigenvalue weighted by atomic mass is 9.98. The smallest absolute Gasteiger partial charge is 0.251 e. The van der Waals surface area contributed by atoms with E-state index in [1.165, 1.54) is 5.56 Å². The van der Waals surface area contributed by atoms with Crippen LogP contribution in [0.4, 0.5) is 0 Å². The molecule has 0 saturated carbocycles. The molecule has 0 unspecified atom stereocenters. The number of H-pyrrole nitrogens is 1.